The van der Waals surface area contributed by atoms with Crippen molar-refractivity contribution < 1.29 is 37.8 Å². The summed E-state index contributed by atoms with van der Waals surface area (Å²) in [7, 11) is 5.04. The van der Waals surface area contributed by atoms with E-state index in [0.717, 1.165) is 36.1 Å². The van der Waals surface area contributed by atoms with Crippen LogP contribution in [0.15, 0.2) is 52.9 Å². The third kappa shape index (κ3) is 7.49. The smallest absolute Gasteiger partial charge is 0.335 e. The van der Waals surface area contributed by atoms with Crippen molar-refractivity contribution in [3.05, 3.63) is 82.8 Å². The number of halogens is 1. The van der Waals surface area contributed by atoms with Gasteiger partial charge < -0.3 is 33.4 Å². The van der Waals surface area contributed by atoms with Gasteiger partial charge in [0.25, 0.3) is 11.8 Å². The number of rotatable bonds is 8. The SMILES string of the molecule is C1COC1.CN(C)C(=O)c1ccc(OCc2ccc(C(=O)N3CCN(Cc4nc5ccc(C(=O)O)cc5n4C)CC3)o2)c(F)c1. The third-order valence-electron chi connectivity index (χ3n) is 7.65. The van der Waals surface area contributed by atoms with Gasteiger partial charge in [-0.25, -0.2) is 14.2 Å². The second kappa shape index (κ2) is 13.9. The lowest BCUT2D eigenvalue weighted by Gasteiger charge is -2.34. The lowest BCUT2D eigenvalue weighted by atomic mass is 10.2. The van der Waals surface area contributed by atoms with Crippen LogP contribution in [0.3, 0.4) is 0 Å². The zero-order valence-corrected chi connectivity index (χ0v) is 25.5. The Balaban J connectivity index is 0.000000927. The highest BCUT2D eigenvalue weighted by Crippen LogP contribution is 2.22. The summed E-state index contributed by atoms with van der Waals surface area (Å²) >= 11 is 0. The first-order valence-electron chi connectivity index (χ1n) is 14.6. The quantitative estimate of drug-likeness (QED) is 0.313. The van der Waals surface area contributed by atoms with Crippen LogP contribution in [0.25, 0.3) is 11.0 Å². The molecule has 2 amide bonds. The molecule has 2 saturated heterocycles. The van der Waals surface area contributed by atoms with Crippen LogP contribution in [0, 0.1) is 5.82 Å². The van der Waals surface area contributed by atoms with Gasteiger partial charge in [-0.1, -0.05) is 0 Å². The van der Waals surface area contributed by atoms with Gasteiger partial charge in [-0.3, -0.25) is 14.5 Å². The molecule has 0 radical (unpaired) electrons. The number of amides is 2. The summed E-state index contributed by atoms with van der Waals surface area (Å²) in [6, 6.07) is 12.1. The molecule has 0 saturated carbocycles. The summed E-state index contributed by atoms with van der Waals surface area (Å²) in [5.74, 6) is -0.866. The number of aromatic carboxylic acids is 1. The van der Waals surface area contributed by atoms with Gasteiger partial charge >= 0.3 is 5.97 Å². The van der Waals surface area contributed by atoms with E-state index < -0.39 is 11.8 Å². The molecule has 45 heavy (non-hydrogen) atoms. The molecule has 0 spiro atoms. The molecule has 1 N–H and O–H groups in total. The van der Waals surface area contributed by atoms with Crippen LogP contribution in [0.5, 0.6) is 5.75 Å². The maximum atomic E-state index is 14.4. The predicted octanol–water partition coefficient (Wildman–Crippen LogP) is 3.65. The minimum Gasteiger partial charge on any atom is -0.483 e. The fourth-order valence-electron chi connectivity index (χ4n) is 4.85. The number of carboxylic acid groups (broad SMARTS) is 1. The minimum absolute atomic E-state index is 0.0244. The number of furan rings is 1. The monoisotopic (exact) mass is 621 g/mol. The van der Waals surface area contributed by atoms with Gasteiger partial charge in [0, 0.05) is 66.1 Å². The number of carbonyl (C=O) groups is 3. The molecule has 0 bridgehead atoms. The van der Waals surface area contributed by atoms with Crippen LogP contribution < -0.4 is 4.74 Å². The van der Waals surface area contributed by atoms with E-state index in [-0.39, 0.29) is 41.1 Å². The number of nitrogens with zero attached hydrogens (tertiary/aromatic N) is 5. The molecular weight excluding hydrogens is 585 g/mol. The lowest BCUT2D eigenvalue weighted by molar-refractivity contribution is 0.0367. The van der Waals surface area contributed by atoms with Crippen LogP contribution in [-0.4, -0.2) is 101 Å². The Kier molecular flexibility index (Phi) is 9.79. The molecule has 0 aliphatic carbocycles. The van der Waals surface area contributed by atoms with Gasteiger partial charge in [-0.15, -0.1) is 0 Å². The average Bonchev–Trinajstić information content (AvgIpc) is 3.59. The molecule has 2 aromatic heterocycles. The zero-order chi connectivity index (χ0) is 32.1. The second-order valence-corrected chi connectivity index (χ2v) is 11.0. The molecular formula is C32H36FN5O7. The van der Waals surface area contributed by atoms with E-state index in [1.807, 2.05) is 11.6 Å². The summed E-state index contributed by atoms with van der Waals surface area (Å²) in [5, 5.41) is 9.27. The first-order valence-corrected chi connectivity index (χ1v) is 14.6. The van der Waals surface area contributed by atoms with Crippen molar-refractivity contribution in [1.29, 1.82) is 0 Å². The molecule has 2 fully saturated rings. The van der Waals surface area contributed by atoms with Crippen molar-refractivity contribution >= 4 is 28.8 Å². The molecule has 2 aliphatic heterocycles. The van der Waals surface area contributed by atoms with Crippen molar-refractivity contribution in [3.8, 4) is 5.75 Å². The Morgan fingerprint density at radius 2 is 1.69 bits per heavy atom. The highest BCUT2D eigenvalue weighted by atomic mass is 19.1. The molecule has 12 nitrogen and oxygen atoms in total. The molecule has 13 heteroatoms. The lowest BCUT2D eigenvalue weighted by Crippen LogP contribution is -2.48. The molecule has 6 rings (SSSR count). The van der Waals surface area contributed by atoms with Gasteiger partial charge in [0.1, 0.15) is 18.2 Å². The highest BCUT2D eigenvalue weighted by molar-refractivity contribution is 5.94. The maximum Gasteiger partial charge on any atom is 0.335 e. The Labute approximate surface area is 259 Å². The Morgan fingerprint density at radius 1 is 1.00 bits per heavy atom. The predicted molar refractivity (Wildman–Crippen MR) is 162 cm³/mol. The summed E-state index contributed by atoms with van der Waals surface area (Å²) in [6.07, 6.45) is 1.28. The fourth-order valence-corrected chi connectivity index (χ4v) is 4.85. The van der Waals surface area contributed by atoms with Crippen molar-refractivity contribution in [3.63, 3.8) is 0 Å². The van der Waals surface area contributed by atoms with Gasteiger partial charge in [-0.2, -0.15) is 0 Å². The van der Waals surface area contributed by atoms with Crippen LogP contribution in [0.4, 0.5) is 4.39 Å². The molecule has 2 aromatic carbocycles. The number of fused-ring (bicyclic) bond motifs is 1. The van der Waals surface area contributed by atoms with E-state index in [1.54, 1.807) is 49.3 Å². The van der Waals surface area contributed by atoms with Crippen molar-refractivity contribution in [2.24, 2.45) is 7.05 Å². The number of piperazine rings is 1. The van der Waals surface area contributed by atoms with E-state index in [0.29, 0.717) is 38.5 Å². The van der Waals surface area contributed by atoms with Gasteiger partial charge in [-0.05, 0) is 55.0 Å². The molecule has 238 valence electrons. The summed E-state index contributed by atoms with van der Waals surface area (Å²) in [4.78, 5) is 46.3. The molecule has 0 unspecified atom stereocenters. The van der Waals surface area contributed by atoms with Crippen LogP contribution in [0.1, 0.15) is 49.3 Å². The number of imidazole rings is 1. The summed E-state index contributed by atoms with van der Waals surface area (Å²) in [5.41, 5.74) is 1.92. The Morgan fingerprint density at radius 3 is 2.31 bits per heavy atom. The van der Waals surface area contributed by atoms with Crippen LogP contribution >= 0.6 is 0 Å². The minimum atomic E-state index is -0.982. The molecule has 4 aromatic rings. The Hall–Kier alpha value is -4.75. The number of carboxylic acids is 1. The van der Waals surface area contributed by atoms with E-state index >= 15 is 0 Å². The molecule has 0 atom stereocenters. The number of hydrogen-bond acceptors (Lipinski definition) is 8. The number of aromatic nitrogens is 2. The standard InChI is InChI=1S/C29H30FN5O6.C3H6O/c1-32(2)27(36)18-5-8-24(21(30)14-18)40-17-20-6-9-25(41-20)28(37)35-12-10-34(11-13-35)16-26-31-22-7-4-19(29(38)39)15-23(22)33(26)3;1-2-4-3-1/h4-9,14-15H,10-13,16-17H2,1-3H3,(H,38,39);1-3H2. The third-order valence-corrected chi connectivity index (χ3v) is 7.65. The fraction of sp³-hybridized carbons (Fsp3) is 0.375. The number of carbonyl (C=O) groups excluding carboxylic acids is 2. The number of hydrogen-bond donors (Lipinski definition) is 1. The highest BCUT2D eigenvalue weighted by Gasteiger charge is 2.25. The molecule has 2 aliphatic rings. The maximum absolute atomic E-state index is 14.4. The summed E-state index contributed by atoms with van der Waals surface area (Å²) < 4.78 is 32.2. The van der Waals surface area contributed by atoms with E-state index in [4.69, 9.17) is 13.9 Å². The first-order chi connectivity index (χ1) is 21.6. The van der Waals surface area contributed by atoms with E-state index in [1.165, 1.54) is 23.5 Å². The largest absolute Gasteiger partial charge is 0.483 e. The van der Waals surface area contributed by atoms with Crippen molar-refractivity contribution in [2.45, 2.75) is 19.6 Å². The normalized spacial score (nSPS) is 14.8. The van der Waals surface area contributed by atoms with E-state index in [2.05, 4.69) is 9.88 Å². The topological polar surface area (TPSA) is 131 Å². The van der Waals surface area contributed by atoms with Crippen molar-refractivity contribution in [1.82, 2.24) is 24.3 Å². The first kappa shape index (κ1) is 31.7. The van der Waals surface area contributed by atoms with Gasteiger partial charge in [0.05, 0.1) is 23.1 Å². The Bertz CT molecular complexity index is 1680. The number of benzene rings is 2. The number of aryl methyl sites for hydroxylation is 1. The van der Waals surface area contributed by atoms with Crippen molar-refractivity contribution in [2.75, 3.05) is 53.5 Å². The molecule has 4 heterocycles. The van der Waals surface area contributed by atoms with Gasteiger partial charge in [0.2, 0.25) is 0 Å². The number of ether oxygens (including phenoxy) is 2. The van der Waals surface area contributed by atoms with E-state index in [9.17, 15) is 23.9 Å². The zero-order valence-electron chi connectivity index (χ0n) is 25.5. The average molecular weight is 622 g/mol. The summed E-state index contributed by atoms with van der Waals surface area (Å²) in [6.45, 7) is 4.77. The second-order valence-electron chi connectivity index (χ2n) is 11.0. The van der Waals surface area contributed by atoms with Crippen LogP contribution in [-0.2, 0) is 24.9 Å². The van der Waals surface area contributed by atoms with Gasteiger partial charge in [0.15, 0.2) is 17.3 Å². The van der Waals surface area contributed by atoms with Crippen LogP contribution in [0.2, 0.25) is 0 Å².